The number of alkyl halides is 8. The van der Waals surface area contributed by atoms with Crippen LogP contribution in [0.2, 0.25) is 5.02 Å². The van der Waals surface area contributed by atoms with Gasteiger partial charge in [0.1, 0.15) is 47.2 Å². The Kier molecular flexibility index (Phi) is 26.2. The first-order valence-corrected chi connectivity index (χ1v) is 28.4. The lowest BCUT2D eigenvalue weighted by molar-refractivity contribution is -0.176. The molecular formula is C49H57ClF10N7O12PS2. The van der Waals surface area contributed by atoms with Crippen molar-refractivity contribution in [1.82, 2.24) is 29.9 Å². The minimum atomic E-state index is -4.88. The normalized spacial score (nSPS) is 14.7. The van der Waals surface area contributed by atoms with Crippen molar-refractivity contribution in [2.75, 3.05) is 69.7 Å². The van der Waals surface area contributed by atoms with Crippen molar-refractivity contribution in [3.8, 4) is 23.0 Å². The quantitative estimate of drug-likeness (QED) is 0.00734. The first-order chi connectivity index (χ1) is 38.5. The predicted molar refractivity (Wildman–Crippen MR) is 283 cm³/mol. The van der Waals surface area contributed by atoms with Crippen LogP contribution < -0.4 is 9.62 Å². The maximum atomic E-state index is 14.3. The predicted octanol–water partition coefficient (Wildman–Crippen LogP) is 9.85. The maximum absolute atomic E-state index is 14.3. The van der Waals surface area contributed by atoms with Gasteiger partial charge in [0.15, 0.2) is 11.5 Å². The van der Waals surface area contributed by atoms with Crippen LogP contribution in [0.1, 0.15) is 67.6 Å². The van der Waals surface area contributed by atoms with E-state index in [1.165, 1.54) is 49.9 Å². The van der Waals surface area contributed by atoms with Crippen molar-refractivity contribution >= 4 is 72.2 Å². The molecule has 0 radical (unpaired) electrons. The number of rotatable bonds is 24. The highest BCUT2D eigenvalue weighted by Gasteiger charge is 2.54. The van der Waals surface area contributed by atoms with Gasteiger partial charge in [-0.15, -0.1) is 11.8 Å². The smallest absolute Gasteiger partial charge is 0.435 e. The number of carbonyl (C=O) groups is 2. The molecule has 6 rings (SSSR count). The van der Waals surface area contributed by atoms with E-state index in [1.807, 2.05) is 20.1 Å². The molecule has 3 heterocycles. The van der Waals surface area contributed by atoms with E-state index in [2.05, 4.69) is 31.9 Å². The molecule has 5 N–H and O–H groups in total. The summed E-state index contributed by atoms with van der Waals surface area (Å²) >= 11 is 8.14. The largest absolute Gasteiger partial charge is 0.446 e. The zero-order valence-corrected chi connectivity index (χ0v) is 47.7. The highest BCUT2D eigenvalue weighted by atomic mass is 35.5. The molecule has 0 bridgehead atoms. The van der Waals surface area contributed by atoms with E-state index in [-0.39, 0.29) is 122 Å². The molecule has 2 amide bonds. The van der Waals surface area contributed by atoms with Gasteiger partial charge in [0.05, 0.1) is 78.7 Å². The number of hydrogen-bond donors (Lipinski definition) is 5. The van der Waals surface area contributed by atoms with E-state index in [4.69, 9.17) is 55.8 Å². The number of carbonyl (C=O) groups excluding carboxylic acids is 2. The summed E-state index contributed by atoms with van der Waals surface area (Å²) in [6, 6.07) is 7.38. The van der Waals surface area contributed by atoms with Gasteiger partial charge in [0.2, 0.25) is 6.41 Å². The number of nitrogens with one attached hydrogen (secondary N) is 1. The summed E-state index contributed by atoms with van der Waals surface area (Å²) in [6.45, 7) is 5.03. The minimum Gasteiger partial charge on any atom is -0.446 e. The van der Waals surface area contributed by atoms with Crippen LogP contribution in [0, 0.1) is 29.4 Å². The molecule has 2 unspecified atom stereocenters. The molecule has 0 saturated carbocycles. The van der Waals surface area contributed by atoms with Crippen LogP contribution in [0.4, 0.5) is 54.5 Å². The number of thioether (sulfide) groups is 1. The summed E-state index contributed by atoms with van der Waals surface area (Å²) in [5.41, 5.74) is -1.82. The number of benzene rings is 2. The summed E-state index contributed by atoms with van der Waals surface area (Å²) in [5.74, 6) is -0.577. The molecule has 1 aliphatic rings. The molecule has 5 aromatic rings. The summed E-state index contributed by atoms with van der Waals surface area (Å²) in [7, 11) is -4.74. The third kappa shape index (κ3) is 19.1. The fourth-order valence-electron chi connectivity index (χ4n) is 7.96. The number of ether oxygens (including phenoxy) is 4. The zero-order chi connectivity index (χ0) is 61.3. The van der Waals surface area contributed by atoms with Crippen molar-refractivity contribution in [3.05, 3.63) is 93.0 Å². The van der Waals surface area contributed by atoms with Crippen LogP contribution in [0.25, 0.3) is 22.0 Å². The van der Waals surface area contributed by atoms with Gasteiger partial charge < -0.3 is 38.6 Å². The van der Waals surface area contributed by atoms with Crippen molar-refractivity contribution in [2.24, 2.45) is 5.92 Å². The molecular weight excluding hydrogens is 1200 g/mol. The van der Waals surface area contributed by atoms with E-state index in [9.17, 15) is 57.7 Å². The lowest BCUT2D eigenvalue weighted by Crippen LogP contribution is -2.34. The summed E-state index contributed by atoms with van der Waals surface area (Å²) < 4.78 is 177. The number of hydrogen-bond acceptors (Lipinski definition) is 16. The number of amides is 2. The second kappa shape index (κ2) is 31.1. The highest BCUT2D eigenvalue weighted by Crippen LogP contribution is 2.50. The fraction of sp³-hybridized carbons (Fsp3) is 0.490. The lowest BCUT2D eigenvalue weighted by Gasteiger charge is -2.21. The molecule has 33 heteroatoms. The van der Waals surface area contributed by atoms with Gasteiger partial charge >= 0.3 is 27.0 Å². The maximum Gasteiger partial charge on any atom is 0.435 e. The van der Waals surface area contributed by atoms with Gasteiger partial charge in [-0.1, -0.05) is 30.5 Å². The zero-order valence-electron chi connectivity index (χ0n) is 44.4. The number of aromatic nitrogens is 5. The molecule has 19 nitrogen and oxygen atoms in total. The van der Waals surface area contributed by atoms with E-state index in [1.54, 1.807) is 0 Å². The second-order valence-electron chi connectivity index (χ2n) is 17.8. The Morgan fingerprint density at radius 2 is 1.54 bits per heavy atom. The Labute approximate surface area is 476 Å². The van der Waals surface area contributed by atoms with Crippen LogP contribution in [0.5, 0.6) is 0 Å². The van der Waals surface area contributed by atoms with Crippen molar-refractivity contribution in [3.63, 3.8) is 0 Å². The average molecular weight is 1260 g/mol. The molecule has 1 aliphatic carbocycles. The number of nitrogens with zero attached hydrogens (tertiary/aromatic N) is 6. The molecule has 3 aromatic heterocycles. The monoisotopic (exact) mass is 1260 g/mol. The molecule has 0 aliphatic heterocycles. The Bertz CT molecular complexity index is 3020. The molecule has 0 fully saturated rings. The van der Waals surface area contributed by atoms with Gasteiger partial charge in [0.25, 0.3) is 5.92 Å². The van der Waals surface area contributed by atoms with Crippen LogP contribution in [0.15, 0.2) is 42.5 Å². The Morgan fingerprint density at radius 1 is 0.951 bits per heavy atom. The molecule has 2 aromatic carbocycles. The van der Waals surface area contributed by atoms with Gasteiger partial charge in [0, 0.05) is 41.5 Å². The topological polar surface area (TPSA) is 242 Å². The van der Waals surface area contributed by atoms with Crippen LogP contribution in [-0.4, -0.2) is 138 Å². The highest BCUT2D eigenvalue weighted by molar-refractivity contribution is 8.00. The fourth-order valence-corrected chi connectivity index (χ4v) is 9.22. The van der Waals surface area contributed by atoms with Crippen molar-refractivity contribution < 1.29 is 101 Å². The number of aryl methyl sites for hydroxylation is 1. The van der Waals surface area contributed by atoms with E-state index in [0.717, 1.165) is 23.1 Å². The van der Waals surface area contributed by atoms with Crippen LogP contribution in [-0.2, 0) is 77.3 Å². The van der Waals surface area contributed by atoms with Gasteiger partial charge in [-0.2, -0.15) is 49.6 Å². The Morgan fingerprint density at radius 3 is 2.07 bits per heavy atom. The van der Waals surface area contributed by atoms with Crippen molar-refractivity contribution in [1.29, 1.82) is 0 Å². The summed E-state index contributed by atoms with van der Waals surface area (Å²) in [6.07, 6.45) is -8.02. The van der Waals surface area contributed by atoms with Crippen molar-refractivity contribution in [2.45, 2.75) is 82.7 Å². The van der Waals surface area contributed by atoms with Gasteiger partial charge in [-0.05, 0) is 81.7 Å². The van der Waals surface area contributed by atoms with Gasteiger partial charge in [-0.3, -0.25) is 24.7 Å². The molecule has 0 saturated heterocycles. The Balaban J connectivity index is 0.000000640. The molecule has 0 spiro atoms. The molecule has 82 heavy (non-hydrogen) atoms. The first kappa shape index (κ1) is 69.3. The van der Waals surface area contributed by atoms with E-state index in [0.29, 0.717) is 21.5 Å². The number of anilines is 1. The molecule has 3 atom stereocenters. The molecule has 454 valence electrons. The Hall–Kier alpha value is -5.23. The third-order valence-electron chi connectivity index (χ3n) is 11.6. The second-order valence-corrected chi connectivity index (χ2v) is 21.6. The van der Waals surface area contributed by atoms with E-state index >= 15 is 0 Å². The van der Waals surface area contributed by atoms with Crippen LogP contribution >= 0.6 is 32.0 Å². The standard InChI is InChI=1S/C39H44ClF5N5O10PS2.C10H11F5N2.H2O2/c1-38(2,62-3)10-9-28-5-6-29(34(47-28)32(46-24-51)21-25-19-26(41)22-27(42)20-25)30-7-8-31(40)33-35(30)49(23-39(43,44)45)48-36(33)50(63(4)55)37(52)59-17-15-57-13-11-56-12-14-58-16-18-60-61(53)54;1-3-17-8-6(4-5(2)9(8,11)12)7(16-17)10(13,14)15;1-2/h5-8,19-20,22,24,32,53-54H,11-18,21,23H2,1-4H3,(H,46,51);5H,3-4H2,1-2H3;1-2H/t;5-;/m.1./s1. The summed E-state index contributed by atoms with van der Waals surface area (Å²) in [4.78, 5) is 47.6. The van der Waals surface area contributed by atoms with E-state index < -0.39 is 96.0 Å². The SMILES string of the molecule is CCn1nc(C(F)(F)F)c2c1C(F)(F)[C@H](C)C2.CSC(C)(C)C#Cc1ccc(-c2ccc(Cl)c3c(N(C(=O)OCCOCCOCCOCCOP(O)O)S(C)=O)nn(CC(F)(F)F)c23)c(C(Cc2cc(F)cc(F)c2)NC=O)n1.OO. The number of pyridine rings is 1. The summed E-state index contributed by atoms with van der Waals surface area (Å²) in [5, 5.41) is 21.6. The average Bonchev–Trinajstić information content (AvgIpc) is 4.27. The van der Waals surface area contributed by atoms with Crippen LogP contribution in [0.3, 0.4) is 0 Å². The third-order valence-corrected chi connectivity index (χ3v) is 14.3. The minimum absolute atomic E-state index is 0.000718. The number of halogens is 11. The lowest BCUT2D eigenvalue weighted by atomic mass is 9.94. The first-order valence-electron chi connectivity index (χ1n) is 24.1. The number of fused-ring (bicyclic) bond motifs is 2. The van der Waals surface area contributed by atoms with Gasteiger partial charge in [-0.25, -0.2) is 22.8 Å².